The van der Waals surface area contributed by atoms with E-state index in [2.05, 4.69) is 41.4 Å². The largest absolute Gasteiger partial charge is 0.383 e. The van der Waals surface area contributed by atoms with Crippen LogP contribution in [0.25, 0.3) is 21.8 Å². The number of rotatable bonds is 8. The highest BCUT2D eigenvalue weighted by atomic mass is 79.9. The van der Waals surface area contributed by atoms with E-state index >= 15 is 0 Å². The van der Waals surface area contributed by atoms with E-state index in [1.54, 1.807) is 35.4 Å². The van der Waals surface area contributed by atoms with Gasteiger partial charge in [0.25, 0.3) is 5.69 Å². The van der Waals surface area contributed by atoms with Gasteiger partial charge in [-0.25, -0.2) is 19.3 Å². The van der Waals surface area contributed by atoms with Crippen LogP contribution in [0.2, 0.25) is 0 Å². The van der Waals surface area contributed by atoms with E-state index in [0.29, 0.717) is 28.9 Å². The van der Waals surface area contributed by atoms with Crippen molar-refractivity contribution in [1.82, 2.24) is 34.4 Å². The van der Waals surface area contributed by atoms with Crippen molar-refractivity contribution in [1.29, 1.82) is 0 Å². The first kappa shape index (κ1) is 38.3. The molecule has 2 saturated heterocycles. The Hall–Kier alpha value is -5.98. The lowest BCUT2D eigenvalue weighted by atomic mass is 10.1. The van der Waals surface area contributed by atoms with Crippen LogP contribution in [0.15, 0.2) is 83.9 Å². The number of nitro benzene ring substituents is 1. The van der Waals surface area contributed by atoms with E-state index in [9.17, 15) is 19.7 Å². The summed E-state index contributed by atoms with van der Waals surface area (Å²) in [4.78, 5) is 47.2. The molecule has 0 radical (unpaired) electrons. The van der Waals surface area contributed by atoms with Crippen molar-refractivity contribution in [3.63, 3.8) is 0 Å². The first-order chi connectivity index (χ1) is 27.2. The van der Waals surface area contributed by atoms with E-state index in [4.69, 9.17) is 20.9 Å². The van der Waals surface area contributed by atoms with Crippen LogP contribution < -0.4 is 16.8 Å². The lowest BCUT2D eigenvalue weighted by Gasteiger charge is -2.24. The van der Waals surface area contributed by atoms with Gasteiger partial charge in [0.05, 0.1) is 50.0 Å². The Morgan fingerprint density at radius 3 is 2.04 bits per heavy atom. The Morgan fingerprint density at radius 1 is 0.821 bits per heavy atom. The van der Waals surface area contributed by atoms with Gasteiger partial charge in [-0.3, -0.25) is 19.7 Å². The van der Waals surface area contributed by atoms with Crippen molar-refractivity contribution in [3.8, 4) is 0 Å². The molecule has 56 heavy (non-hydrogen) atoms. The van der Waals surface area contributed by atoms with Gasteiger partial charge in [-0.05, 0) is 65.6 Å². The minimum Gasteiger partial charge on any atom is -0.383 e. The number of anilines is 3. The quantitative estimate of drug-likeness (QED) is 0.0878. The van der Waals surface area contributed by atoms with Gasteiger partial charge in [-0.15, -0.1) is 0 Å². The molecule has 0 aliphatic carbocycles. The van der Waals surface area contributed by atoms with Crippen LogP contribution in [0.1, 0.15) is 62.1 Å². The third-order valence-electron chi connectivity index (χ3n) is 9.57. The number of fused-ring (bicyclic) bond motifs is 2. The molecule has 2 amide bonds. The smallest absolute Gasteiger partial charge is 0.314 e. The van der Waals surface area contributed by atoms with E-state index in [1.807, 2.05) is 35.0 Å². The maximum Gasteiger partial charge on any atom is 0.314 e. The first-order valence-corrected chi connectivity index (χ1v) is 19.0. The summed E-state index contributed by atoms with van der Waals surface area (Å²) in [5.41, 5.74) is 14.9. The van der Waals surface area contributed by atoms with Crippen molar-refractivity contribution in [2.75, 3.05) is 30.0 Å². The van der Waals surface area contributed by atoms with Gasteiger partial charge in [-0.1, -0.05) is 42.5 Å². The SMILES string of the molecule is Nc1ncc(Br)c2c1cnn2C1CCCCO1.Nc1ncc(NC(=O)C(=O)N(Cc2ccccc2)Cc2cccc([N+](=O)[O-])c2)c2c1cnn2C1CCCCO1. The molecule has 2 aromatic carbocycles. The molecular formula is C38H40BrN11O6. The van der Waals surface area contributed by atoms with E-state index in [1.165, 1.54) is 29.7 Å². The van der Waals surface area contributed by atoms with Gasteiger partial charge in [0, 0.05) is 44.6 Å². The van der Waals surface area contributed by atoms with Crippen LogP contribution in [0.4, 0.5) is 23.0 Å². The molecule has 290 valence electrons. The summed E-state index contributed by atoms with van der Waals surface area (Å²) in [5, 5.41) is 24.2. The van der Waals surface area contributed by atoms with Crippen molar-refractivity contribution in [3.05, 3.63) is 105 Å². The van der Waals surface area contributed by atoms with Crippen LogP contribution in [-0.2, 0) is 32.2 Å². The molecule has 8 rings (SSSR count). The van der Waals surface area contributed by atoms with Crippen molar-refractivity contribution in [2.45, 2.75) is 64.1 Å². The lowest BCUT2D eigenvalue weighted by Crippen LogP contribution is -2.39. The van der Waals surface area contributed by atoms with Crippen molar-refractivity contribution >= 4 is 72.6 Å². The van der Waals surface area contributed by atoms with Crippen LogP contribution in [0.3, 0.4) is 0 Å². The normalized spacial score (nSPS) is 16.9. The summed E-state index contributed by atoms with van der Waals surface area (Å²) < 4.78 is 16.1. The van der Waals surface area contributed by atoms with E-state index in [-0.39, 0.29) is 42.7 Å². The Balaban J connectivity index is 0.000000234. The number of benzene rings is 2. The number of nitrogen functional groups attached to an aromatic ring is 2. The fourth-order valence-electron chi connectivity index (χ4n) is 6.80. The summed E-state index contributed by atoms with van der Waals surface area (Å²) in [5.74, 6) is -0.949. The molecule has 5 N–H and O–H groups in total. The van der Waals surface area contributed by atoms with Gasteiger partial charge in [0.15, 0.2) is 12.5 Å². The predicted molar refractivity (Wildman–Crippen MR) is 212 cm³/mol. The molecule has 2 fully saturated rings. The fraction of sp³-hybridized carbons (Fsp3) is 0.316. The number of aromatic nitrogens is 6. The highest BCUT2D eigenvalue weighted by Gasteiger charge is 2.27. The van der Waals surface area contributed by atoms with Gasteiger partial charge in [0.1, 0.15) is 17.2 Å². The molecule has 2 atom stereocenters. The summed E-state index contributed by atoms with van der Waals surface area (Å²) in [6, 6.07) is 15.2. The molecule has 17 nitrogen and oxygen atoms in total. The minimum atomic E-state index is -0.887. The standard InChI is InChI=1S/C27H27N7O5.C11H13BrN4O/c28-25-21-14-30-33(23-11-4-5-12-39-23)24(21)22(15-29-25)31-26(35)27(36)32(16-18-7-2-1-3-8-18)17-19-9-6-10-20(13-19)34(37)38;12-8-6-14-11(13)7-5-15-16(10(7)8)9-3-1-2-4-17-9/h1-3,6-10,13-15,23H,4-5,11-12,16-17H2,(H2,28,29)(H,31,35);5-6,9H,1-4H2,(H2,13,14). The molecular weight excluding hydrogens is 786 g/mol. The summed E-state index contributed by atoms with van der Waals surface area (Å²) in [6.45, 7) is 1.51. The molecule has 0 spiro atoms. The first-order valence-electron chi connectivity index (χ1n) is 18.2. The summed E-state index contributed by atoms with van der Waals surface area (Å²) in [6.07, 6.45) is 12.1. The molecule has 18 heteroatoms. The Labute approximate surface area is 329 Å². The summed E-state index contributed by atoms with van der Waals surface area (Å²) in [7, 11) is 0. The van der Waals surface area contributed by atoms with Crippen LogP contribution in [0, 0.1) is 10.1 Å². The number of hydrogen-bond donors (Lipinski definition) is 3. The zero-order valence-corrected chi connectivity index (χ0v) is 31.9. The maximum absolute atomic E-state index is 13.5. The molecule has 2 unspecified atom stereocenters. The molecule has 6 heterocycles. The van der Waals surface area contributed by atoms with Gasteiger partial charge < -0.3 is 31.2 Å². The summed E-state index contributed by atoms with van der Waals surface area (Å²) >= 11 is 3.49. The third kappa shape index (κ3) is 8.46. The molecule has 0 bridgehead atoms. The van der Waals surface area contributed by atoms with Gasteiger partial charge in [-0.2, -0.15) is 10.2 Å². The van der Waals surface area contributed by atoms with E-state index < -0.39 is 16.7 Å². The molecule has 4 aromatic heterocycles. The fourth-order valence-corrected chi connectivity index (χ4v) is 7.30. The number of amides is 2. The number of hydrogen-bond acceptors (Lipinski definition) is 12. The Bertz CT molecular complexity index is 2360. The van der Waals surface area contributed by atoms with Gasteiger partial charge >= 0.3 is 11.8 Å². The second-order valence-corrected chi connectivity index (χ2v) is 14.3. The number of ether oxygens (including phenoxy) is 2. The van der Waals surface area contributed by atoms with E-state index in [0.717, 1.165) is 59.7 Å². The number of nitrogens with zero attached hydrogens (tertiary/aromatic N) is 8. The third-order valence-corrected chi connectivity index (χ3v) is 10.2. The number of halogens is 1. The number of carbonyl (C=O) groups is 2. The second kappa shape index (κ2) is 17.2. The van der Waals surface area contributed by atoms with Crippen LogP contribution >= 0.6 is 15.9 Å². The average molecular weight is 827 g/mol. The Morgan fingerprint density at radius 2 is 1.41 bits per heavy atom. The number of nitrogens with one attached hydrogen (secondary N) is 1. The number of nitro groups is 1. The van der Waals surface area contributed by atoms with Crippen molar-refractivity contribution in [2.24, 2.45) is 0 Å². The monoisotopic (exact) mass is 825 g/mol. The van der Waals surface area contributed by atoms with Crippen LogP contribution in [-0.4, -0.2) is 64.4 Å². The molecule has 2 aliphatic rings. The predicted octanol–water partition coefficient (Wildman–Crippen LogP) is 6.26. The second-order valence-electron chi connectivity index (χ2n) is 13.4. The highest BCUT2D eigenvalue weighted by molar-refractivity contribution is 9.10. The van der Waals surface area contributed by atoms with Gasteiger partial charge in [0.2, 0.25) is 0 Å². The highest BCUT2D eigenvalue weighted by Crippen LogP contribution is 2.33. The molecule has 6 aromatic rings. The molecule has 2 aliphatic heterocycles. The molecule has 0 saturated carbocycles. The zero-order chi connectivity index (χ0) is 39.2. The number of nitrogens with two attached hydrogens (primary N) is 2. The van der Waals surface area contributed by atoms with Crippen LogP contribution in [0.5, 0.6) is 0 Å². The number of non-ortho nitro benzene ring substituents is 1. The topological polar surface area (TPSA) is 224 Å². The zero-order valence-electron chi connectivity index (χ0n) is 30.3. The van der Waals surface area contributed by atoms with Crippen molar-refractivity contribution < 1.29 is 24.0 Å². The number of carbonyl (C=O) groups excluding carboxylic acids is 2. The lowest BCUT2D eigenvalue weighted by molar-refractivity contribution is -0.384. The minimum absolute atomic E-state index is 0.00786. The Kier molecular flexibility index (Phi) is 11.8. The number of pyridine rings is 2. The average Bonchev–Trinajstić information content (AvgIpc) is 3.89. The maximum atomic E-state index is 13.5.